The van der Waals surface area contributed by atoms with Crippen LogP contribution in [0.3, 0.4) is 0 Å². The Morgan fingerprint density at radius 3 is 1.66 bits per heavy atom. The Bertz CT molecular complexity index is 1440. The molecule has 0 fully saturated rings. The Labute approximate surface area is 191 Å². The molecule has 0 saturated heterocycles. The van der Waals surface area contributed by atoms with Crippen molar-refractivity contribution in [2.45, 2.75) is 0 Å². The van der Waals surface area contributed by atoms with Crippen LogP contribution < -0.4 is 0 Å². The molecule has 0 atom stereocenters. The summed E-state index contributed by atoms with van der Waals surface area (Å²) >= 11 is 1.88. The van der Waals surface area contributed by atoms with Crippen molar-refractivity contribution >= 4 is 22.1 Å². The quantitative estimate of drug-likeness (QED) is 0.265. The topological polar surface area (TPSA) is 4.93 Å². The van der Waals surface area contributed by atoms with E-state index in [1.807, 2.05) is 11.3 Å². The molecule has 2 heterocycles. The molecule has 0 bridgehead atoms. The van der Waals surface area contributed by atoms with Crippen LogP contribution in [-0.4, -0.2) is 4.57 Å². The lowest BCUT2D eigenvalue weighted by molar-refractivity contribution is 1.09. The van der Waals surface area contributed by atoms with Crippen molar-refractivity contribution in [3.63, 3.8) is 0 Å². The highest BCUT2D eigenvalue weighted by atomic mass is 32.1. The first-order valence-electron chi connectivity index (χ1n) is 10.8. The number of hydrogen-bond acceptors (Lipinski definition) is 1. The van der Waals surface area contributed by atoms with E-state index >= 15 is 0 Å². The van der Waals surface area contributed by atoms with Gasteiger partial charge in [0.25, 0.3) is 0 Å². The minimum Gasteiger partial charge on any atom is -0.315 e. The molecule has 0 unspecified atom stereocenters. The molecule has 6 aromatic rings. The van der Waals surface area contributed by atoms with E-state index in [4.69, 9.17) is 0 Å². The maximum atomic E-state index is 2.33. The molecular formula is C30H21NS. The monoisotopic (exact) mass is 427 g/mol. The second-order valence-corrected chi connectivity index (χ2v) is 8.84. The molecule has 1 nitrogen and oxygen atoms in total. The van der Waals surface area contributed by atoms with Gasteiger partial charge in [-0.05, 0) is 29.3 Å². The van der Waals surface area contributed by atoms with Crippen LogP contribution in [0.25, 0.3) is 48.6 Å². The third kappa shape index (κ3) is 3.17. The van der Waals surface area contributed by atoms with Gasteiger partial charge in [-0.1, -0.05) is 103 Å². The van der Waals surface area contributed by atoms with Crippen LogP contribution in [0.2, 0.25) is 0 Å². The highest BCUT2D eigenvalue weighted by Crippen LogP contribution is 2.47. The highest BCUT2D eigenvalue weighted by Gasteiger charge is 2.21. The Hall–Kier alpha value is -3.88. The molecule has 0 radical (unpaired) electrons. The molecule has 6 rings (SSSR count). The van der Waals surface area contributed by atoms with Crippen molar-refractivity contribution in [1.29, 1.82) is 0 Å². The van der Waals surface area contributed by atoms with Crippen molar-refractivity contribution < 1.29 is 0 Å². The first-order valence-corrected chi connectivity index (χ1v) is 11.6. The second-order valence-electron chi connectivity index (χ2n) is 7.82. The summed E-state index contributed by atoms with van der Waals surface area (Å²) < 4.78 is 2.33. The number of hydrogen-bond donors (Lipinski definition) is 0. The predicted molar refractivity (Wildman–Crippen MR) is 137 cm³/mol. The van der Waals surface area contributed by atoms with Crippen LogP contribution in [-0.2, 0) is 0 Å². The molecule has 0 aliphatic heterocycles. The standard InChI is InChI=1S/C30H21NS/c1-4-12-22(13-5-1)25-20-21-31(24-16-8-3-9-17-24)28(25)30-27-19-11-10-18-26(27)29(32-30)23-14-6-2-7-15-23/h1-21H. The van der Waals surface area contributed by atoms with Gasteiger partial charge in [0, 0.05) is 33.1 Å². The molecule has 0 N–H and O–H groups in total. The summed E-state index contributed by atoms with van der Waals surface area (Å²) in [6, 6.07) is 43.1. The van der Waals surface area contributed by atoms with Gasteiger partial charge in [-0.3, -0.25) is 0 Å². The number of nitrogens with zero attached hydrogens (tertiary/aromatic N) is 1. The second kappa shape index (κ2) is 7.99. The SMILES string of the molecule is c1ccc(-c2ccn(-c3ccccc3)c2-c2sc(-c3ccccc3)c3ccccc23)cc1. The first kappa shape index (κ1) is 18.9. The van der Waals surface area contributed by atoms with Crippen LogP contribution in [0.4, 0.5) is 0 Å². The third-order valence-electron chi connectivity index (χ3n) is 5.88. The Morgan fingerprint density at radius 2 is 1.00 bits per heavy atom. The van der Waals surface area contributed by atoms with Gasteiger partial charge >= 0.3 is 0 Å². The first-order chi connectivity index (χ1) is 15.9. The van der Waals surface area contributed by atoms with E-state index in [9.17, 15) is 0 Å². The van der Waals surface area contributed by atoms with E-state index in [0.29, 0.717) is 0 Å². The fourth-order valence-electron chi connectivity index (χ4n) is 4.39. The van der Waals surface area contributed by atoms with Crippen molar-refractivity contribution in [2.75, 3.05) is 0 Å². The number of aromatic nitrogens is 1. The lowest BCUT2D eigenvalue weighted by atomic mass is 10.0. The molecule has 0 aliphatic carbocycles. The average Bonchev–Trinajstić information content (AvgIpc) is 3.48. The Balaban J connectivity index is 1.68. The molecule has 4 aromatic carbocycles. The fraction of sp³-hybridized carbons (Fsp3) is 0. The minimum absolute atomic E-state index is 1.17. The minimum atomic E-state index is 1.17. The molecule has 32 heavy (non-hydrogen) atoms. The molecule has 0 spiro atoms. The summed E-state index contributed by atoms with van der Waals surface area (Å²) in [4.78, 5) is 2.61. The smallest absolute Gasteiger partial charge is 0.0713 e. The number of para-hydroxylation sites is 1. The third-order valence-corrected chi connectivity index (χ3v) is 7.15. The van der Waals surface area contributed by atoms with Crippen molar-refractivity contribution in [2.24, 2.45) is 0 Å². The van der Waals surface area contributed by atoms with Gasteiger partial charge in [-0.25, -0.2) is 0 Å². The van der Waals surface area contributed by atoms with E-state index in [1.165, 1.54) is 48.6 Å². The summed E-state index contributed by atoms with van der Waals surface area (Å²) in [5, 5.41) is 2.60. The maximum Gasteiger partial charge on any atom is 0.0713 e. The van der Waals surface area contributed by atoms with Crippen molar-refractivity contribution in [1.82, 2.24) is 4.57 Å². The van der Waals surface area contributed by atoms with Gasteiger partial charge in [0.15, 0.2) is 0 Å². The van der Waals surface area contributed by atoms with Crippen LogP contribution in [0.1, 0.15) is 0 Å². The van der Waals surface area contributed by atoms with Gasteiger partial charge < -0.3 is 4.57 Å². The zero-order chi connectivity index (χ0) is 21.3. The van der Waals surface area contributed by atoms with Gasteiger partial charge in [0.2, 0.25) is 0 Å². The Morgan fingerprint density at radius 1 is 0.469 bits per heavy atom. The van der Waals surface area contributed by atoms with Crippen LogP contribution in [0.15, 0.2) is 128 Å². The molecule has 2 aromatic heterocycles. The zero-order valence-corrected chi connectivity index (χ0v) is 18.3. The van der Waals surface area contributed by atoms with Crippen molar-refractivity contribution in [3.8, 4) is 37.8 Å². The molecule has 0 saturated carbocycles. The zero-order valence-electron chi connectivity index (χ0n) is 17.5. The highest BCUT2D eigenvalue weighted by molar-refractivity contribution is 7.21. The van der Waals surface area contributed by atoms with Crippen LogP contribution in [0.5, 0.6) is 0 Å². The largest absolute Gasteiger partial charge is 0.315 e. The average molecular weight is 428 g/mol. The molecule has 0 amide bonds. The number of benzene rings is 4. The molecular weight excluding hydrogens is 406 g/mol. The summed E-state index contributed by atoms with van der Waals surface area (Å²) in [6.07, 6.45) is 2.20. The van der Waals surface area contributed by atoms with Crippen LogP contribution in [0, 0.1) is 0 Å². The van der Waals surface area contributed by atoms with Gasteiger partial charge in [-0.2, -0.15) is 0 Å². The summed E-state index contributed by atoms with van der Waals surface area (Å²) in [5.74, 6) is 0. The van der Waals surface area contributed by atoms with Gasteiger partial charge in [0.05, 0.1) is 10.6 Å². The van der Waals surface area contributed by atoms with Crippen molar-refractivity contribution in [3.05, 3.63) is 128 Å². The predicted octanol–water partition coefficient (Wildman–Crippen LogP) is 8.69. The number of rotatable bonds is 4. The molecule has 0 aliphatic rings. The van der Waals surface area contributed by atoms with Crippen LogP contribution >= 0.6 is 11.3 Å². The molecule has 2 heteroatoms. The van der Waals surface area contributed by atoms with E-state index in [2.05, 4.69) is 132 Å². The summed E-state index contributed by atoms with van der Waals surface area (Å²) in [7, 11) is 0. The van der Waals surface area contributed by atoms with Gasteiger partial charge in [0.1, 0.15) is 0 Å². The molecule has 152 valence electrons. The lowest BCUT2D eigenvalue weighted by Gasteiger charge is -2.12. The Kier molecular flexibility index (Phi) is 4.71. The van der Waals surface area contributed by atoms with E-state index < -0.39 is 0 Å². The normalized spacial score (nSPS) is 11.1. The summed E-state index contributed by atoms with van der Waals surface area (Å²) in [6.45, 7) is 0. The van der Waals surface area contributed by atoms with E-state index in [1.54, 1.807) is 0 Å². The maximum absolute atomic E-state index is 2.33. The van der Waals surface area contributed by atoms with E-state index in [-0.39, 0.29) is 0 Å². The number of fused-ring (bicyclic) bond motifs is 1. The summed E-state index contributed by atoms with van der Waals surface area (Å²) in [5.41, 5.74) is 6.16. The lowest BCUT2D eigenvalue weighted by Crippen LogP contribution is -1.95. The number of thiophene rings is 1. The van der Waals surface area contributed by atoms with Gasteiger partial charge in [-0.15, -0.1) is 11.3 Å². The van der Waals surface area contributed by atoms with E-state index in [0.717, 1.165) is 0 Å². The fourth-order valence-corrected chi connectivity index (χ4v) is 5.73.